The Morgan fingerprint density at radius 2 is 1.86 bits per heavy atom. The summed E-state index contributed by atoms with van der Waals surface area (Å²) in [7, 11) is 1.59. The molecule has 4 rings (SSSR count). The Bertz CT molecular complexity index is 1390. The number of carboxylic acids is 1. The molecule has 0 saturated heterocycles. The molecular formula is C31H39F3N4O5. The third-order valence-corrected chi connectivity index (χ3v) is 7.79. The second kappa shape index (κ2) is 13.7. The van der Waals surface area contributed by atoms with Crippen molar-refractivity contribution in [1.29, 1.82) is 0 Å². The number of alkyl halides is 3. The van der Waals surface area contributed by atoms with E-state index in [1.165, 1.54) is 18.3 Å². The van der Waals surface area contributed by atoms with Crippen LogP contribution in [-0.2, 0) is 23.8 Å². The summed E-state index contributed by atoms with van der Waals surface area (Å²) in [5.74, 6) is -0.401. The molecule has 1 aromatic carbocycles. The van der Waals surface area contributed by atoms with E-state index in [4.69, 9.17) is 14.0 Å². The standard InChI is InChI=1S/C31H39F3N4O5/c1-18(2)28-36-27(43-37-28)13-8-21-14-25(31(32,33)34)29(35-16-21)42-23-11-12-26(24(15-23)30(39)40)38(20(4)17-41-5)22-9-6-19(3)7-10-22/h11-12,14-16,18-20,22H,6-10,13,17H2,1-5H3,(H,39,40)/t19?,20-,22?/m1/s1. The van der Waals surface area contributed by atoms with E-state index in [9.17, 15) is 23.1 Å². The van der Waals surface area contributed by atoms with Crippen LogP contribution in [0, 0.1) is 5.92 Å². The van der Waals surface area contributed by atoms with Gasteiger partial charge in [-0.1, -0.05) is 25.9 Å². The summed E-state index contributed by atoms with van der Waals surface area (Å²) in [5, 5.41) is 14.0. The highest BCUT2D eigenvalue weighted by Gasteiger charge is 2.36. The largest absolute Gasteiger partial charge is 0.478 e. The summed E-state index contributed by atoms with van der Waals surface area (Å²) < 4.78 is 58.4. The molecule has 0 amide bonds. The van der Waals surface area contributed by atoms with Gasteiger partial charge in [-0.3, -0.25) is 0 Å². The van der Waals surface area contributed by atoms with Gasteiger partial charge in [0.25, 0.3) is 0 Å². The van der Waals surface area contributed by atoms with Crippen molar-refractivity contribution in [2.45, 2.75) is 90.4 Å². The van der Waals surface area contributed by atoms with Crippen molar-refractivity contribution in [2.24, 2.45) is 5.92 Å². The lowest BCUT2D eigenvalue weighted by molar-refractivity contribution is -0.138. The maximum Gasteiger partial charge on any atom is 0.421 e. The van der Waals surface area contributed by atoms with Gasteiger partial charge in [-0.2, -0.15) is 18.2 Å². The Labute approximate surface area is 249 Å². The number of carbonyl (C=O) groups is 1. The van der Waals surface area contributed by atoms with Crippen molar-refractivity contribution in [3.05, 3.63) is 58.9 Å². The van der Waals surface area contributed by atoms with Crippen LogP contribution in [0.5, 0.6) is 11.6 Å². The lowest BCUT2D eigenvalue weighted by atomic mass is 9.85. The molecule has 1 atom stereocenters. The average Bonchev–Trinajstić information content (AvgIpc) is 3.43. The number of methoxy groups -OCH3 is 1. The molecule has 2 aromatic heterocycles. The Morgan fingerprint density at radius 1 is 1.14 bits per heavy atom. The topological polar surface area (TPSA) is 111 Å². The fraction of sp³-hybridized carbons (Fsp3) is 0.548. The highest BCUT2D eigenvalue weighted by atomic mass is 19.4. The first-order valence-corrected chi connectivity index (χ1v) is 14.6. The van der Waals surface area contributed by atoms with Crippen molar-refractivity contribution in [2.75, 3.05) is 18.6 Å². The minimum atomic E-state index is -4.76. The first-order valence-electron chi connectivity index (χ1n) is 14.6. The van der Waals surface area contributed by atoms with Gasteiger partial charge in [-0.25, -0.2) is 9.78 Å². The number of nitrogens with zero attached hydrogens (tertiary/aromatic N) is 4. The highest BCUT2D eigenvalue weighted by molar-refractivity contribution is 5.95. The van der Waals surface area contributed by atoms with Crippen LogP contribution in [0.4, 0.5) is 18.9 Å². The molecule has 0 unspecified atom stereocenters. The predicted octanol–water partition coefficient (Wildman–Crippen LogP) is 7.30. The quantitative estimate of drug-likeness (QED) is 0.228. The van der Waals surface area contributed by atoms with Crippen molar-refractivity contribution in [3.63, 3.8) is 0 Å². The minimum Gasteiger partial charge on any atom is -0.478 e. The first kappa shape index (κ1) is 32.2. The monoisotopic (exact) mass is 604 g/mol. The fourth-order valence-electron chi connectivity index (χ4n) is 5.49. The summed E-state index contributed by atoms with van der Waals surface area (Å²) >= 11 is 0. The van der Waals surface area contributed by atoms with Crippen LogP contribution in [0.25, 0.3) is 0 Å². The molecule has 1 N–H and O–H groups in total. The molecule has 234 valence electrons. The van der Waals surface area contributed by atoms with E-state index in [0.717, 1.165) is 31.7 Å². The molecule has 0 bridgehead atoms. The van der Waals surface area contributed by atoms with E-state index in [0.29, 0.717) is 35.5 Å². The molecule has 3 aromatic rings. The summed E-state index contributed by atoms with van der Waals surface area (Å²) in [6, 6.07) is 5.31. The van der Waals surface area contributed by atoms with Gasteiger partial charge in [-0.15, -0.1) is 0 Å². The van der Waals surface area contributed by atoms with Crippen molar-refractivity contribution in [1.82, 2.24) is 15.1 Å². The van der Waals surface area contributed by atoms with Gasteiger partial charge in [0.2, 0.25) is 11.8 Å². The zero-order valence-electron chi connectivity index (χ0n) is 25.1. The number of benzene rings is 1. The van der Waals surface area contributed by atoms with Crippen LogP contribution in [0.1, 0.15) is 92.5 Å². The second-order valence-electron chi connectivity index (χ2n) is 11.6. The normalized spacial score (nSPS) is 18.1. The number of anilines is 1. The van der Waals surface area contributed by atoms with Crippen LogP contribution < -0.4 is 9.64 Å². The molecule has 1 aliphatic carbocycles. The Balaban J connectivity index is 1.60. The van der Waals surface area contributed by atoms with Gasteiger partial charge in [0.05, 0.1) is 17.9 Å². The molecule has 9 nitrogen and oxygen atoms in total. The summed E-state index contributed by atoms with van der Waals surface area (Å²) in [6.45, 7) is 8.39. The van der Waals surface area contributed by atoms with E-state index >= 15 is 0 Å². The zero-order chi connectivity index (χ0) is 31.3. The first-order chi connectivity index (χ1) is 20.4. The van der Waals surface area contributed by atoms with Crippen LogP contribution in [0.15, 0.2) is 35.0 Å². The van der Waals surface area contributed by atoms with Crippen molar-refractivity contribution < 1.29 is 37.1 Å². The molecule has 43 heavy (non-hydrogen) atoms. The van der Waals surface area contributed by atoms with Crippen LogP contribution in [0.2, 0.25) is 0 Å². The molecule has 0 aliphatic heterocycles. The van der Waals surface area contributed by atoms with Crippen LogP contribution in [0.3, 0.4) is 0 Å². The van der Waals surface area contributed by atoms with E-state index in [1.54, 1.807) is 13.2 Å². The van der Waals surface area contributed by atoms with Gasteiger partial charge < -0.3 is 24.0 Å². The maximum atomic E-state index is 14.1. The Kier molecular flexibility index (Phi) is 10.3. The van der Waals surface area contributed by atoms with Crippen LogP contribution in [-0.4, -0.2) is 52.0 Å². The average molecular weight is 605 g/mol. The van der Waals surface area contributed by atoms with Crippen molar-refractivity contribution >= 4 is 11.7 Å². The van der Waals surface area contributed by atoms with E-state index in [-0.39, 0.29) is 42.2 Å². The number of hydrogen-bond donors (Lipinski definition) is 1. The van der Waals surface area contributed by atoms with E-state index < -0.39 is 23.6 Å². The third-order valence-electron chi connectivity index (χ3n) is 7.79. The molecule has 0 radical (unpaired) electrons. The van der Waals surface area contributed by atoms with Gasteiger partial charge >= 0.3 is 12.1 Å². The molecule has 12 heteroatoms. The zero-order valence-corrected chi connectivity index (χ0v) is 25.1. The molecule has 1 aliphatic rings. The molecule has 0 spiro atoms. The fourth-order valence-corrected chi connectivity index (χ4v) is 5.49. The summed E-state index contributed by atoms with van der Waals surface area (Å²) in [5.41, 5.74) is -0.337. The molecule has 2 heterocycles. The molecule has 1 saturated carbocycles. The number of rotatable bonds is 12. The Morgan fingerprint density at radius 3 is 2.47 bits per heavy atom. The number of carboxylic acid groups (broad SMARTS) is 1. The van der Waals surface area contributed by atoms with Crippen LogP contribution >= 0.6 is 0 Å². The summed E-state index contributed by atoms with van der Waals surface area (Å²) in [6.07, 6.45) is 0.860. The number of pyridine rings is 1. The highest BCUT2D eigenvalue weighted by Crippen LogP contribution is 2.39. The van der Waals surface area contributed by atoms with E-state index in [2.05, 4.69) is 26.9 Å². The SMILES string of the molecule is COC[C@@H](C)N(c1ccc(Oc2ncc(CCc3nc(C(C)C)no3)cc2C(F)(F)F)cc1C(=O)O)C1CCC(C)CC1. The number of aryl methyl sites for hydroxylation is 2. The lowest BCUT2D eigenvalue weighted by Gasteiger charge is -2.42. The van der Waals surface area contributed by atoms with Gasteiger partial charge in [0.1, 0.15) is 11.3 Å². The number of aromatic nitrogens is 3. The number of halogens is 3. The number of aromatic carboxylic acids is 1. The molecular weight excluding hydrogens is 565 g/mol. The van der Waals surface area contributed by atoms with Gasteiger partial charge in [-0.05, 0) is 74.8 Å². The lowest BCUT2D eigenvalue weighted by Crippen LogP contribution is -2.46. The molecule has 1 fully saturated rings. The predicted molar refractivity (Wildman–Crippen MR) is 154 cm³/mol. The van der Waals surface area contributed by atoms with Gasteiger partial charge in [0, 0.05) is 37.7 Å². The summed E-state index contributed by atoms with van der Waals surface area (Å²) in [4.78, 5) is 22.7. The number of ether oxygens (including phenoxy) is 2. The second-order valence-corrected chi connectivity index (χ2v) is 11.6. The minimum absolute atomic E-state index is 0.0596. The third kappa shape index (κ3) is 8.04. The smallest absolute Gasteiger partial charge is 0.421 e. The van der Waals surface area contributed by atoms with E-state index in [1.807, 2.05) is 20.8 Å². The van der Waals surface area contributed by atoms with Gasteiger partial charge in [0.15, 0.2) is 5.82 Å². The maximum absolute atomic E-state index is 14.1. The van der Waals surface area contributed by atoms with Crippen molar-refractivity contribution in [3.8, 4) is 11.6 Å². The number of hydrogen-bond acceptors (Lipinski definition) is 8. The Hall–Kier alpha value is -3.67.